The number of halogens is 1. The number of para-hydroxylation sites is 2. The number of carbonyl (C=O) groups excluding carboxylic acids is 2. The molecule has 1 fully saturated rings. The van der Waals surface area contributed by atoms with Gasteiger partial charge in [-0.15, -0.1) is 23.7 Å². The van der Waals surface area contributed by atoms with Gasteiger partial charge in [-0.1, -0.05) is 18.2 Å². The molecule has 2 atom stereocenters. The second-order valence-corrected chi connectivity index (χ2v) is 6.68. The van der Waals surface area contributed by atoms with E-state index in [2.05, 4.69) is 10.6 Å². The zero-order valence-electron chi connectivity index (χ0n) is 13.0. The highest BCUT2D eigenvalue weighted by molar-refractivity contribution is 7.12. The van der Waals surface area contributed by atoms with Crippen LogP contribution in [0.25, 0.3) is 0 Å². The maximum Gasteiger partial charge on any atom is 0.265 e. The fourth-order valence-electron chi connectivity index (χ4n) is 2.78. The Balaban J connectivity index is 0.00000208. The summed E-state index contributed by atoms with van der Waals surface area (Å²) in [4.78, 5) is 25.2. The molecule has 4 N–H and O–H groups in total. The van der Waals surface area contributed by atoms with Crippen molar-refractivity contribution in [1.82, 2.24) is 0 Å². The summed E-state index contributed by atoms with van der Waals surface area (Å²) in [6.45, 7) is 0. The van der Waals surface area contributed by atoms with E-state index in [0.717, 1.165) is 19.3 Å². The van der Waals surface area contributed by atoms with Gasteiger partial charge in [-0.25, -0.2) is 0 Å². The van der Waals surface area contributed by atoms with Gasteiger partial charge in [0.2, 0.25) is 5.91 Å². The predicted octanol–water partition coefficient (Wildman–Crippen LogP) is 3.49. The van der Waals surface area contributed by atoms with E-state index in [-0.39, 0.29) is 36.2 Å². The SMILES string of the molecule is Cl.NC1CCC(C(=O)Nc2ccccc2NC(=O)c2cccs2)C1. The van der Waals surface area contributed by atoms with Crippen LogP contribution >= 0.6 is 23.7 Å². The van der Waals surface area contributed by atoms with E-state index < -0.39 is 0 Å². The van der Waals surface area contributed by atoms with Crippen molar-refractivity contribution in [3.8, 4) is 0 Å². The van der Waals surface area contributed by atoms with Crippen LogP contribution in [-0.4, -0.2) is 17.9 Å². The number of thiophene rings is 1. The minimum atomic E-state index is -0.176. The molecule has 0 spiro atoms. The molecule has 0 saturated heterocycles. The Morgan fingerprint density at radius 2 is 1.75 bits per heavy atom. The third kappa shape index (κ3) is 4.35. The molecule has 0 bridgehead atoms. The lowest BCUT2D eigenvalue weighted by Crippen LogP contribution is -2.24. The number of hydrogen-bond acceptors (Lipinski definition) is 4. The van der Waals surface area contributed by atoms with Gasteiger partial charge in [0.1, 0.15) is 0 Å². The first-order valence-corrected chi connectivity index (χ1v) is 8.52. The fraction of sp³-hybridized carbons (Fsp3) is 0.294. The summed E-state index contributed by atoms with van der Waals surface area (Å²) in [5, 5.41) is 7.62. The summed E-state index contributed by atoms with van der Waals surface area (Å²) in [6, 6.07) is 10.9. The third-order valence-electron chi connectivity index (χ3n) is 4.02. The predicted molar refractivity (Wildman–Crippen MR) is 99.9 cm³/mol. The summed E-state index contributed by atoms with van der Waals surface area (Å²) in [5.74, 6) is -0.258. The standard InChI is InChI=1S/C17H19N3O2S.ClH/c18-12-8-7-11(10-12)16(21)19-13-4-1-2-5-14(13)20-17(22)15-6-3-9-23-15;/h1-6,9,11-12H,7-8,10,18H2,(H,19,21)(H,20,22);1H. The highest BCUT2D eigenvalue weighted by atomic mass is 35.5. The molecule has 1 aromatic carbocycles. The first-order chi connectivity index (χ1) is 11.1. The maximum absolute atomic E-state index is 12.3. The van der Waals surface area contributed by atoms with Crippen molar-refractivity contribution >= 4 is 46.9 Å². The van der Waals surface area contributed by atoms with Crippen LogP contribution in [0, 0.1) is 5.92 Å². The highest BCUT2D eigenvalue weighted by Gasteiger charge is 2.28. The van der Waals surface area contributed by atoms with Crippen LogP contribution in [0.1, 0.15) is 28.9 Å². The summed E-state index contributed by atoms with van der Waals surface area (Å²) in [5.41, 5.74) is 7.08. The Bertz CT molecular complexity index is 706. The van der Waals surface area contributed by atoms with E-state index in [1.54, 1.807) is 18.2 Å². The molecule has 1 aromatic heterocycles. The first kappa shape index (κ1) is 18.4. The van der Waals surface area contributed by atoms with Crippen LogP contribution in [0.5, 0.6) is 0 Å². The van der Waals surface area contributed by atoms with Gasteiger partial charge < -0.3 is 16.4 Å². The van der Waals surface area contributed by atoms with Crippen molar-refractivity contribution < 1.29 is 9.59 Å². The molecule has 0 radical (unpaired) electrons. The molecule has 1 saturated carbocycles. The maximum atomic E-state index is 12.3. The molecule has 128 valence electrons. The second kappa shape index (κ2) is 8.28. The van der Waals surface area contributed by atoms with Crippen LogP contribution < -0.4 is 16.4 Å². The number of carbonyl (C=O) groups is 2. The van der Waals surface area contributed by atoms with Gasteiger partial charge in [-0.3, -0.25) is 9.59 Å². The molecule has 0 aliphatic heterocycles. The van der Waals surface area contributed by atoms with Crippen molar-refractivity contribution in [2.45, 2.75) is 25.3 Å². The van der Waals surface area contributed by atoms with Crippen LogP contribution in [0.15, 0.2) is 41.8 Å². The zero-order chi connectivity index (χ0) is 16.2. The minimum absolute atomic E-state index is 0. The normalized spacial score (nSPS) is 19.4. The van der Waals surface area contributed by atoms with E-state index in [1.807, 2.05) is 23.6 Å². The lowest BCUT2D eigenvalue weighted by atomic mass is 10.1. The second-order valence-electron chi connectivity index (χ2n) is 5.74. The molecule has 2 amide bonds. The molecule has 1 aliphatic rings. The van der Waals surface area contributed by atoms with E-state index in [4.69, 9.17) is 5.73 Å². The Kier molecular flexibility index (Phi) is 6.36. The van der Waals surface area contributed by atoms with Crippen molar-refractivity contribution in [2.24, 2.45) is 11.7 Å². The van der Waals surface area contributed by atoms with E-state index in [0.29, 0.717) is 16.3 Å². The van der Waals surface area contributed by atoms with Gasteiger partial charge >= 0.3 is 0 Å². The molecule has 24 heavy (non-hydrogen) atoms. The number of benzene rings is 1. The average molecular weight is 366 g/mol. The molecule has 2 aromatic rings. The largest absolute Gasteiger partial charge is 0.328 e. The van der Waals surface area contributed by atoms with Crippen LogP contribution in [-0.2, 0) is 4.79 Å². The van der Waals surface area contributed by atoms with Crippen LogP contribution in [0.4, 0.5) is 11.4 Å². The quantitative estimate of drug-likeness (QED) is 0.775. The Labute approximate surface area is 151 Å². The van der Waals surface area contributed by atoms with Gasteiger partial charge in [0.15, 0.2) is 0 Å². The first-order valence-electron chi connectivity index (χ1n) is 7.64. The number of nitrogens with one attached hydrogen (secondary N) is 2. The molecule has 1 heterocycles. The molecular weight excluding hydrogens is 346 g/mol. The average Bonchev–Trinajstić information content (AvgIpc) is 3.20. The molecule has 7 heteroatoms. The van der Waals surface area contributed by atoms with Crippen molar-refractivity contribution in [3.05, 3.63) is 46.7 Å². The fourth-order valence-corrected chi connectivity index (χ4v) is 3.40. The summed E-state index contributed by atoms with van der Waals surface area (Å²) < 4.78 is 0. The summed E-state index contributed by atoms with van der Waals surface area (Å²) in [7, 11) is 0. The molecule has 2 unspecified atom stereocenters. The number of hydrogen-bond donors (Lipinski definition) is 3. The number of anilines is 2. The monoisotopic (exact) mass is 365 g/mol. The Morgan fingerprint density at radius 3 is 2.33 bits per heavy atom. The lowest BCUT2D eigenvalue weighted by molar-refractivity contribution is -0.119. The topological polar surface area (TPSA) is 84.2 Å². The number of nitrogens with two attached hydrogens (primary N) is 1. The van der Waals surface area contributed by atoms with Crippen molar-refractivity contribution in [1.29, 1.82) is 0 Å². The van der Waals surface area contributed by atoms with Gasteiger partial charge in [0, 0.05) is 12.0 Å². The van der Waals surface area contributed by atoms with Crippen molar-refractivity contribution in [3.63, 3.8) is 0 Å². The van der Waals surface area contributed by atoms with E-state index >= 15 is 0 Å². The molecular formula is C17H20ClN3O2S. The smallest absolute Gasteiger partial charge is 0.265 e. The zero-order valence-corrected chi connectivity index (χ0v) is 14.7. The Hall–Kier alpha value is -1.89. The number of rotatable bonds is 4. The van der Waals surface area contributed by atoms with Crippen LogP contribution in [0.2, 0.25) is 0 Å². The van der Waals surface area contributed by atoms with Gasteiger partial charge in [0.05, 0.1) is 16.3 Å². The van der Waals surface area contributed by atoms with E-state index in [1.165, 1.54) is 11.3 Å². The number of amides is 2. The Morgan fingerprint density at radius 1 is 1.04 bits per heavy atom. The van der Waals surface area contributed by atoms with Crippen molar-refractivity contribution in [2.75, 3.05) is 10.6 Å². The van der Waals surface area contributed by atoms with Crippen LogP contribution in [0.3, 0.4) is 0 Å². The van der Waals surface area contributed by atoms with E-state index in [9.17, 15) is 9.59 Å². The van der Waals surface area contributed by atoms with Gasteiger partial charge in [-0.2, -0.15) is 0 Å². The summed E-state index contributed by atoms with van der Waals surface area (Å²) >= 11 is 1.38. The molecule has 1 aliphatic carbocycles. The minimum Gasteiger partial charge on any atom is -0.328 e. The molecule has 3 rings (SSSR count). The summed E-state index contributed by atoms with van der Waals surface area (Å²) in [6.07, 6.45) is 2.42. The van der Waals surface area contributed by atoms with Gasteiger partial charge in [0.25, 0.3) is 5.91 Å². The third-order valence-corrected chi connectivity index (χ3v) is 4.89. The molecule has 5 nitrogen and oxygen atoms in total. The highest BCUT2D eigenvalue weighted by Crippen LogP contribution is 2.28. The van der Waals surface area contributed by atoms with Gasteiger partial charge in [-0.05, 0) is 42.8 Å². The lowest BCUT2D eigenvalue weighted by Gasteiger charge is -2.14.